The zero-order valence-electron chi connectivity index (χ0n) is 29.8. The molecule has 0 aromatic heterocycles. The highest BCUT2D eigenvalue weighted by molar-refractivity contribution is 5.95. The highest BCUT2D eigenvalue weighted by atomic mass is 16.4. The fourth-order valence-electron chi connectivity index (χ4n) is 5.81. The number of benzene rings is 2. The summed E-state index contributed by atoms with van der Waals surface area (Å²) in [5, 5.41) is 23.9. The molecule has 1 aliphatic heterocycles. The van der Waals surface area contributed by atoms with Crippen LogP contribution < -0.4 is 49.5 Å². The molecule has 17 heteroatoms. The lowest BCUT2D eigenvalue weighted by molar-refractivity contribution is -0.142. The van der Waals surface area contributed by atoms with E-state index in [4.69, 9.17) is 22.9 Å². The van der Waals surface area contributed by atoms with Crippen LogP contribution in [0, 0.1) is 0 Å². The fourth-order valence-corrected chi connectivity index (χ4v) is 5.81. The first-order valence-electron chi connectivity index (χ1n) is 17.8. The van der Waals surface area contributed by atoms with E-state index < -0.39 is 53.9 Å². The summed E-state index contributed by atoms with van der Waals surface area (Å²) in [5.74, 6) is -3.80. The Morgan fingerprint density at radius 1 is 0.679 bits per heavy atom. The summed E-state index contributed by atoms with van der Waals surface area (Å²) in [5.41, 5.74) is 23.3. The number of rotatable bonds is 22. The van der Waals surface area contributed by atoms with Crippen LogP contribution in [-0.4, -0.2) is 96.5 Å². The summed E-state index contributed by atoms with van der Waals surface area (Å²) in [6, 6.07) is 13.2. The third-order valence-electron chi connectivity index (χ3n) is 8.63. The molecule has 0 bridgehead atoms. The maximum atomic E-state index is 14.1. The van der Waals surface area contributed by atoms with Crippen LogP contribution in [0.4, 0.5) is 0 Å². The number of aliphatic imine (C=N–C) groups is 2. The first-order valence-corrected chi connectivity index (χ1v) is 17.8. The molecule has 1 saturated heterocycles. The summed E-state index contributed by atoms with van der Waals surface area (Å²) in [7, 11) is 0. The van der Waals surface area contributed by atoms with Gasteiger partial charge in [0.25, 0.3) is 0 Å². The topological polar surface area (TPSA) is 295 Å². The number of carbonyl (C=O) groups excluding carboxylic acids is 4. The number of carboxylic acids is 1. The number of nitrogens with two attached hydrogens (primary N) is 4. The number of nitrogens with one attached hydrogen (secondary N) is 5. The number of carboxylic acid groups (broad SMARTS) is 1. The lowest BCUT2D eigenvalue weighted by Gasteiger charge is -2.27. The Kier molecular flexibility index (Phi) is 17.5. The first-order chi connectivity index (χ1) is 25.4. The van der Waals surface area contributed by atoms with E-state index in [0.717, 1.165) is 17.5 Å². The van der Waals surface area contributed by atoms with Gasteiger partial charge in [0.2, 0.25) is 23.6 Å². The molecule has 4 amide bonds. The lowest BCUT2D eigenvalue weighted by Crippen LogP contribution is -2.59. The van der Waals surface area contributed by atoms with Crippen molar-refractivity contribution in [3.8, 4) is 0 Å². The Labute approximate surface area is 309 Å². The third kappa shape index (κ3) is 15.6. The Hall–Kier alpha value is -5.71. The van der Waals surface area contributed by atoms with Crippen LogP contribution in [-0.2, 0) is 36.8 Å². The number of nitrogens with zero attached hydrogens (tertiary/aromatic N) is 2. The van der Waals surface area contributed by atoms with E-state index in [1.165, 1.54) is 0 Å². The molecular formula is C36H53N11O6. The first kappa shape index (κ1) is 41.7. The molecule has 0 aliphatic carbocycles. The minimum Gasteiger partial charge on any atom is -0.480 e. The van der Waals surface area contributed by atoms with Crippen LogP contribution in [0.5, 0.6) is 0 Å². The molecule has 0 radical (unpaired) electrons. The zero-order valence-corrected chi connectivity index (χ0v) is 29.8. The molecule has 0 unspecified atom stereocenters. The van der Waals surface area contributed by atoms with Crippen molar-refractivity contribution >= 4 is 41.5 Å². The van der Waals surface area contributed by atoms with Crippen LogP contribution in [0.15, 0.2) is 70.6 Å². The molecule has 2 aromatic rings. The van der Waals surface area contributed by atoms with E-state index in [-0.39, 0.29) is 63.0 Å². The summed E-state index contributed by atoms with van der Waals surface area (Å²) in [4.78, 5) is 74.6. The lowest BCUT2D eigenvalue weighted by atomic mass is 10.0. The Balaban J connectivity index is 1.84. The van der Waals surface area contributed by atoms with Crippen molar-refractivity contribution in [2.24, 2.45) is 32.9 Å². The molecule has 0 spiro atoms. The monoisotopic (exact) mass is 735 g/mol. The number of aryl methyl sites for hydroxylation is 1. The molecule has 2 aromatic carbocycles. The maximum absolute atomic E-state index is 14.1. The van der Waals surface area contributed by atoms with Gasteiger partial charge in [-0.05, 0) is 69.0 Å². The summed E-state index contributed by atoms with van der Waals surface area (Å²) < 4.78 is 0. The molecule has 1 heterocycles. The zero-order chi connectivity index (χ0) is 38.6. The van der Waals surface area contributed by atoms with Gasteiger partial charge in [0.1, 0.15) is 24.2 Å². The summed E-state index contributed by atoms with van der Waals surface area (Å²) in [6.45, 7) is 1.08. The average Bonchev–Trinajstić information content (AvgIpc) is 3.68. The highest BCUT2D eigenvalue weighted by Gasteiger charge is 2.32. The minimum absolute atomic E-state index is 0.0383. The molecule has 17 nitrogen and oxygen atoms in total. The van der Waals surface area contributed by atoms with Gasteiger partial charge in [0, 0.05) is 19.5 Å². The molecule has 1 aliphatic rings. The predicted octanol–water partition coefficient (Wildman–Crippen LogP) is -1.26. The number of hydrogen-bond acceptors (Lipinski definition) is 8. The summed E-state index contributed by atoms with van der Waals surface area (Å²) in [6.07, 6.45) is 2.89. The van der Waals surface area contributed by atoms with Gasteiger partial charge >= 0.3 is 5.97 Å². The number of hydrogen-bond donors (Lipinski definition) is 10. The maximum Gasteiger partial charge on any atom is 0.326 e. The third-order valence-corrected chi connectivity index (χ3v) is 8.63. The van der Waals surface area contributed by atoms with E-state index in [1.807, 2.05) is 36.4 Å². The van der Waals surface area contributed by atoms with Gasteiger partial charge in [0.05, 0.1) is 6.04 Å². The second kappa shape index (κ2) is 22.3. The van der Waals surface area contributed by atoms with Gasteiger partial charge < -0.3 is 54.6 Å². The summed E-state index contributed by atoms with van der Waals surface area (Å²) >= 11 is 0. The van der Waals surface area contributed by atoms with Crippen molar-refractivity contribution < 1.29 is 29.1 Å². The van der Waals surface area contributed by atoms with Crippen LogP contribution in [0.3, 0.4) is 0 Å². The minimum atomic E-state index is -1.27. The van der Waals surface area contributed by atoms with Gasteiger partial charge in [-0.3, -0.25) is 29.2 Å². The van der Waals surface area contributed by atoms with E-state index in [0.29, 0.717) is 25.8 Å². The van der Waals surface area contributed by atoms with Crippen LogP contribution >= 0.6 is 0 Å². The number of aliphatic carboxylic acids is 1. The Morgan fingerprint density at radius 3 is 1.70 bits per heavy atom. The second-order valence-electron chi connectivity index (χ2n) is 12.8. The van der Waals surface area contributed by atoms with Gasteiger partial charge in [-0.1, -0.05) is 60.7 Å². The van der Waals surface area contributed by atoms with Crippen molar-refractivity contribution in [2.45, 2.75) is 88.0 Å². The molecular weight excluding hydrogens is 682 g/mol. The van der Waals surface area contributed by atoms with E-state index >= 15 is 0 Å². The fraction of sp³-hybridized carbons (Fsp3) is 0.472. The number of carbonyl (C=O) groups is 5. The predicted molar refractivity (Wildman–Crippen MR) is 201 cm³/mol. The molecule has 1 fully saturated rings. The normalized spacial score (nSPS) is 15.8. The molecule has 0 saturated carbocycles. The number of amides is 4. The van der Waals surface area contributed by atoms with Crippen LogP contribution in [0.25, 0.3) is 0 Å². The quantitative estimate of drug-likeness (QED) is 0.0387. The van der Waals surface area contributed by atoms with Crippen LogP contribution in [0.2, 0.25) is 0 Å². The van der Waals surface area contributed by atoms with Gasteiger partial charge in [-0.2, -0.15) is 0 Å². The van der Waals surface area contributed by atoms with E-state index in [9.17, 15) is 29.1 Å². The van der Waals surface area contributed by atoms with Crippen molar-refractivity contribution in [1.29, 1.82) is 0 Å². The van der Waals surface area contributed by atoms with Crippen molar-refractivity contribution in [3.05, 3.63) is 71.8 Å². The highest BCUT2D eigenvalue weighted by Crippen LogP contribution is 2.11. The van der Waals surface area contributed by atoms with E-state index in [1.54, 1.807) is 24.3 Å². The van der Waals surface area contributed by atoms with Gasteiger partial charge in [-0.25, -0.2) is 4.79 Å². The largest absolute Gasteiger partial charge is 0.480 e. The van der Waals surface area contributed by atoms with Crippen molar-refractivity contribution in [1.82, 2.24) is 26.6 Å². The molecule has 53 heavy (non-hydrogen) atoms. The van der Waals surface area contributed by atoms with E-state index in [2.05, 4.69) is 36.6 Å². The molecule has 14 N–H and O–H groups in total. The smallest absolute Gasteiger partial charge is 0.326 e. The number of guanidine groups is 2. The molecule has 3 rings (SSSR count). The standard InChI is InChI=1S/C36H53N11O6/c37-35(38)42-20-8-15-26(44-30(48)25-14-7-19-41-25)31(49)47-29(22-24-12-5-2-6-13-24)33(51)45-27(18-17-23-10-3-1-4-11-23)32(50)46-28(34(52)53)16-9-21-43-36(39)40/h1-6,10-13,25-29,41H,7-9,14-22H2,(H,44,48)(H,45,51)(H,46,50)(H,47,49)(H,52,53)(H4,37,38,42)(H4,39,40,43)/t25-,26-,27-,28-,29-/m0/s1. The van der Waals surface area contributed by atoms with Gasteiger partial charge in [-0.15, -0.1) is 0 Å². The SMILES string of the molecule is NC(N)=NCCC[C@H](NC(=O)[C@H](CCc1ccccc1)NC(=O)[C@H](Cc1ccccc1)NC(=O)[C@H](CCCN=C(N)N)NC(=O)[C@@H]1CCCN1)C(=O)O. The van der Waals surface area contributed by atoms with Crippen molar-refractivity contribution in [3.63, 3.8) is 0 Å². The Morgan fingerprint density at radius 2 is 1.17 bits per heavy atom. The van der Waals surface area contributed by atoms with Crippen molar-refractivity contribution in [2.75, 3.05) is 19.6 Å². The molecule has 5 atom stereocenters. The average molecular weight is 736 g/mol. The Bertz CT molecular complexity index is 1540. The second-order valence-corrected chi connectivity index (χ2v) is 12.8. The van der Waals surface area contributed by atoms with Crippen LogP contribution in [0.1, 0.15) is 56.1 Å². The van der Waals surface area contributed by atoms with Gasteiger partial charge in [0.15, 0.2) is 11.9 Å². The molecule has 288 valence electrons.